The lowest BCUT2D eigenvalue weighted by Gasteiger charge is -2.30. The molecule has 0 aliphatic carbocycles. The summed E-state index contributed by atoms with van der Waals surface area (Å²) in [5.74, 6) is 0. The number of hydrogen-bond donors (Lipinski definition) is 4. The maximum atomic E-state index is 8.70. The molecule has 0 aliphatic heterocycles. The van der Waals surface area contributed by atoms with E-state index >= 15 is 0 Å². The van der Waals surface area contributed by atoms with Gasteiger partial charge in [0.15, 0.2) is 0 Å². The maximum Gasteiger partial charge on any atom is 0.692 e. The average molecular weight is 533 g/mol. The molecular formula is C28H38O6P2+2. The van der Waals surface area contributed by atoms with Crippen molar-refractivity contribution in [3.63, 3.8) is 0 Å². The van der Waals surface area contributed by atoms with Gasteiger partial charge in [0, 0.05) is 9.13 Å². The Hall–Kier alpha value is -2.30. The fourth-order valence-electron chi connectivity index (χ4n) is 3.97. The van der Waals surface area contributed by atoms with Crippen LogP contribution in [0.4, 0.5) is 0 Å². The highest BCUT2D eigenvalue weighted by Gasteiger charge is 2.25. The van der Waals surface area contributed by atoms with Gasteiger partial charge in [0.25, 0.3) is 0 Å². The number of benzene rings is 3. The summed E-state index contributed by atoms with van der Waals surface area (Å²) in [5, 5.41) is 0. The molecule has 3 aromatic rings. The Morgan fingerprint density at radius 2 is 1.00 bits per heavy atom. The van der Waals surface area contributed by atoms with Crippen LogP contribution in [-0.2, 0) is 26.4 Å². The van der Waals surface area contributed by atoms with E-state index in [9.17, 15) is 0 Å². The molecule has 0 spiro atoms. The first-order chi connectivity index (χ1) is 16.6. The average Bonchev–Trinajstić information content (AvgIpc) is 2.77. The Balaban J connectivity index is 0.000000709. The van der Waals surface area contributed by atoms with E-state index in [4.69, 9.17) is 28.7 Å². The molecule has 194 valence electrons. The first kappa shape index (κ1) is 31.7. The molecule has 4 N–H and O–H groups in total. The molecule has 0 unspecified atom stereocenters. The van der Waals surface area contributed by atoms with Gasteiger partial charge in [0.1, 0.15) is 0 Å². The van der Waals surface area contributed by atoms with Crippen LogP contribution < -0.4 is 0 Å². The Kier molecular flexibility index (Phi) is 12.2. The second-order valence-electron chi connectivity index (χ2n) is 10.4. The van der Waals surface area contributed by atoms with Gasteiger partial charge in [-0.25, -0.2) is 0 Å². The summed E-state index contributed by atoms with van der Waals surface area (Å²) in [7, 11) is -5.74. The van der Waals surface area contributed by atoms with Gasteiger partial charge in [-0.2, -0.15) is 0 Å². The summed E-state index contributed by atoms with van der Waals surface area (Å²) in [5.41, 5.74) is 9.82. The fourth-order valence-corrected chi connectivity index (χ4v) is 3.97. The van der Waals surface area contributed by atoms with Crippen LogP contribution >= 0.6 is 16.5 Å². The Morgan fingerprint density at radius 1 is 0.611 bits per heavy atom. The molecule has 0 fully saturated rings. The highest BCUT2D eigenvalue weighted by atomic mass is 31.1. The van der Waals surface area contributed by atoms with Crippen LogP contribution in [0.1, 0.15) is 65.2 Å². The second-order valence-corrected chi connectivity index (χ2v) is 11.4. The van der Waals surface area contributed by atoms with Crippen molar-refractivity contribution < 1.29 is 28.7 Å². The van der Waals surface area contributed by atoms with Crippen LogP contribution in [0.5, 0.6) is 0 Å². The summed E-state index contributed by atoms with van der Waals surface area (Å²) in [6.45, 7) is 16.2. The molecule has 0 saturated heterocycles. The number of aryl methyl sites for hydroxylation is 1. The van der Waals surface area contributed by atoms with Crippen molar-refractivity contribution in [2.75, 3.05) is 0 Å². The summed E-state index contributed by atoms with van der Waals surface area (Å²) in [6, 6.07) is 24.6. The lowest BCUT2D eigenvalue weighted by Crippen LogP contribution is -2.19. The third-order valence-electron chi connectivity index (χ3n) is 5.54. The third kappa shape index (κ3) is 10.4. The minimum absolute atomic E-state index is 0.105. The predicted molar refractivity (Wildman–Crippen MR) is 148 cm³/mol. The van der Waals surface area contributed by atoms with Gasteiger partial charge in [-0.1, -0.05) is 115 Å². The molecule has 0 atom stereocenters. The second kappa shape index (κ2) is 13.9. The third-order valence-corrected chi connectivity index (χ3v) is 5.54. The molecule has 3 rings (SSSR count). The van der Waals surface area contributed by atoms with Crippen molar-refractivity contribution in [2.24, 2.45) is 0 Å². The Bertz CT molecular complexity index is 1130. The zero-order chi connectivity index (χ0) is 27.7. The minimum Gasteiger partial charge on any atom is -0.134 e. The molecule has 36 heavy (non-hydrogen) atoms. The van der Waals surface area contributed by atoms with Crippen LogP contribution in [0.25, 0.3) is 22.3 Å². The number of rotatable bonds is 3. The topological polar surface area (TPSA) is 115 Å². The van der Waals surface area contributed by atoms with Crippen LogP contribution in [0.15, 0.2) is 66.7 Å². The first-order valence-corrected chi connectivity index (χ1v) is 13.9. The van der Waals surface area contributed by atoms with Crippen molar-refractivity contribution in [1.82, 2.24) is 0 Å². The maximum absolute atomic E-state index is 8.70. The van der Waals surface area contributed by atoms with Gasteiger partial charge in [-0.15, -0.1) is 19.6 Å². The van der Waals surface area contributed by atoms with E-state index in [0.29, 0.717) is 0 Å². The molecule has 0 aromatic heterocycles. The molecule has 0 radical (unpaired) electrons. The lowest BCUT2D eigenvalue weighted by molar-refractivity contribution is 0.403. The van der Waals surface area contributed by atoms with Crippen LogP contribution in [0, 0.1) is 0 Å². The quantitative estimate of drug-likeness (QED) is 0.261. The fraction of sp³-hybridized carbons (Fsp3) is 0.357. The van der Waals surface area contributed by atoms with Crippen LogP contribution in [0.2, 0.25) is 0 Å². The van der Waals surface area contributed by atoms with E-state index in [2.05, 4.69) is 115 Å². The summed E-state index contributed by atoms with van der Waals surface area (Å²) >= 11 is 0. The molecule has 0 heterocycles. The predicted octanol–water partition coefficient (Wildman–Crippen LogP) is 7.43. The van der Waals surface area contributed by atoms with Crippen LogP contribution in [0.3, 0.4) is 0 Å². The Morgan fingerprint density at radius 3 is 1.39 bits per heavy atom. The zero-order valence-corrected chi connectivity index (χ0v) is 23.8. The lowest BCUT2D eigenvalue weighted by atomic mass is 9.75. The van der Waals surface area contributed by atoms with Crippen molar-refractivity contribution in [3.05, 3.63) is 83.4 Å². The standard InChI is InChI=1S/C28H34.2HO3P/c1-8-20-18-26(28(5,6)7)24(19-25(20)27(2,3)4)23-16-14-22(15-17-23)21-12-10-9-11-13-21;2*1-4(2)3/h9-19H,8H2,1-7H3;2*(H-,1,2,3)/p+2. The van der Waals surface area contributed by atoms with E-state index in [0.717, 1.165) is 6.42 Å². The van der Waals surface area contributed by atoms with Gasteiger partial charge in [0.05, 0.1) is 0 Å². The smallest absolute Gasteiger partial charge is 0.134 e. The van der Waals surface area contributed by atoms with E-state index in [-0.39, 0.29) is 10.8 Å². The highest BCUT2D eigenvalue weighted by molar-refractivity contribution is 7.31. The van der Waals surface area contributed by atoms with Crippen molar-refractivity contribution in [1.29, 1.82) is 0 Å². The normalized spacial score (nSPS) is 11.0. The van der Waals surface area contributed by atoms with Gasteiger partial charge in [-0.05, 0) is 56.2 Å². The van der Waals surface area contributed by atoms with Gasteiger partial charge in [0.2, 0.25) is 0 Å². The van der Waals surface area contributed by atoms with E-state index in [1.54, 1.807) is 0 Å². The van der Waals surface area contributed by atoms with Gasteiger partial charge in [-0.3, -0.25) is 0 Å². The minimum atomic E-state index is -2.87. The SMILES string of the molecule is CCc1cc(C(C)(C)C)c(-c2ccc(-c3ccccc3)cc2)cc1C(C)(C)C.O=[P+](O)O.O=[P+](O)O. The van der Waals surface area contributed by atoms with Crippen molar-refractivity contribution in [3.8, 4) is 22.3 Å². The number of hydrogen-bond acceptors (Lipinski definition) is 2. The van der Waals surface area contributed by atoms with E-state index < -0.39 is 16.5 Å². The molecular weight excluding hydrogens is 494 g/mol. The van der Waals surface area contributed by atoms with E-state index in [1.807, 2.05) is 0 Å². The highest BCUT2D eigenvalue weighted by Crippen LogP contribution is 2.39. The molecule has 0 bridgehead atoms. The monoisotopic (exact) mass is 532 g/mol. The van der Waals surface area contributed by atoms with Gasteiger partial charge >= 0.3 is 16.5 Å². The summed E-state index contributed by atoms with van der Waals surface area (Å²) < 4.78 is 17.4. The first-order valence-electron chi connectivity index (χ1n) is 11.6. The molecule has 0 saturated carbocycles. The zero-order valence-electron chi connectivity index (χ0n) is 22.1. The van der Waals surface area contributed by atoms with Crippen molar-refractivity contribution >= 4 is 16.5 Å². The Labute approximate surface area is 216 Å². The largest absolute Gasteiger partial charge is 0.692 e. The van der Waals surface area contributed by atoms with Gasteiger partial charge < -0.3 is 0 Å². The van der Waals surface area contributed by atoms with Crippen molar-refractivity contribution in [2.45, 2.75) is 65.7 Å². The molecule has 6 nitrogen and oxygen atoms in total. The molecule has 3 aromatic carbocycles. The molecule has 8 heteroatoms. The summed E-state index contributed by atoms with van der Waals surface area (Å²) in [4.78, 5) is 28.5. The van der Waals surface area contributed by atoms with Crippen LogP contribution in [-0.4, -0.2) is 19.6 Å². The molecule has 0 amide bonds. The molecule has 0 aliphatic rings. The summed E-state index contributed by atoms with van der Waals surface area (Å²) in [6.07, 6.45) is 1.07. The van der Waals surface area contributed by atoms with E-state index in [1.165, 1.54) is 38.9 Å².